The number of aryl methyl sites for hydroxylation is 1. The lowest BCUT2D eigenvalue weighted by atomic mass is 9.72. The lowest BCUT2D eigenvalue weighted by Gasteiger charge is -2.32. The van der Waals surface area contributed by atoms with Crippen LogP contribution in [0.4, 0.5) is 0 Å². The second-order valence-corrected chi connectivity index (χ2v) is 8.47. The molecule has 2 aromatic carbocycles. The van der Waals surface area contributed by atoms with Crippen LogP contribution in [0.15, 0.2) is 78.9 Å². The summed E-state index contributed by atoms with van der Waals surface area (Å²) in [7, 11) is 0. The van der Waals surface area contributed by atoms with Crippen molar-refractivity contribution in [1.29, 1.82) is 0 Å². The van der Waals surface area contributed by atoms with Crippen LogP contribution in [0.25, 0.3) is 17.2 Å². The highest BCUT2D eigenvalue weighted by Gasteiger charge is 2.28. The summed E-state index contributed by atoms with van der Waals surface area (Å²) in [6, 6.07) is 17.4. The van der Waals surface area contributed by atoms with Crippen LogP contribution < -0.4 is 0 Å². The van der Waals surface area contributed by atoms with Crippen molar-refractivity contribution in [2.75, 3.05) is 0 Å². The van der Waals surface area contributed by atoms with E-state index in [-0.39, 0.29) is 0 Å². The van der Waals surface area contributed by atoms with E-state index in [0.717, 1.165) is 12.8 Å². The molecule has 0 amide bonds. The number of hydrogen-bond donors (Lipinski definition) is 0. The van der Waals surface area contributed by atoms with Gasteiger partial charge < -0.3 is 0 Å². The third-order valence-corrected chi connectivity index (χ3v) is 6.30. The number of allylic oxidation sites excluding steroid dienone is 6. The molecule has 4 rings (SSSR count). The van der Waals surface area contributed by atoms with Crippen LogP contribution in [-0.2, 0) is 0 Å². The topological polar surface area (TPSA) is 0 Å². The van der Waals surface area contributed by atoms with E-state index in [0.29, 0.717) is 11.8 Å². The monoisotopic (exact) mass is 426 g/mol. The van der Waals surface area contributed by atoms with E-state index in [1.165, 1.54) is 51.8 Å². The zero-order valence-electron chi connectivity index (χ0n) is 21.1. The summed E-state index contributed by atoms with van der Waals surface area (Å²) in [5.74, 6) is 1.08. The van der Waals surface area contributed by atoms with Crippen LogP contribution in [0.1, 0.15) is 82.6 Å². The first kappa shape index (κ1) is 25.7. The van der Waals surface area contributed by atoms with Crippen molar-refractivity contribution < 1.29 is 0 Å². The Hall–Kier alpha value is -2.60. The molecule has 0 N–H and O–H groups in total. The zero-order chi connectivity index (χ0) is 23.5. The Morgan fingerprint density at radius 3 is 2.31 bits per heavy atom. The molecule has 2 unspecified atom stereocenters. The average molecular weight is 427 g/mol. The highest BCUT2D eigenvalue weighted by atomic mass is 14.3. The predicted molar refractivity (Wildman–Crippen MR) is 146 cm³/mol. The highest BCUT2D eigenvalue weighted by Crippen LogP contribution is 2.43. The maximum atomic E-state index is 4.53. The van der Waals surface area contributed by atoms with E-state index < -0.39 is 0 Å². The molecule has 0 nitrogen and oxygen atoms in total. The second kappa shape index (κ2) is 13.1. The van der Waals surface area contributed by atoms with Crippen LogP contribution in [-0.4, -0.2) is 0 Å². The molecule has 32 heavy (non-hydrogen) atoms. The molecule has 0 heteroatoms. The van der Waals surface area contributed by atoms with Crippen molar-refractivity contribution in [2.24, 2.45) is 11.8 Å². The Kier molecular flexibility index (Phi) is 10.5. The summed E-state index contributed by atoms with van der Waals surface area (Å²) >= 11 is 0. The number of hydrogen-bond acceptors (Lipinski definition) is 0. The van der Waals surface area contributed by atoms with E-state index in [9.17, 15) is 0 Å². The van der Waals surface area contributed by atoms with Gasteiger partial charge in [-0.15, -0.1) is 0 Å². The maximum Gasteiger partial charge on any atom is -0.00580 e. The molecular weight excluding hydrogens is 384 g/mol. The quantitative estimate of drug-likeness (QED) is 0.458. The van der Waals surface area contributed by atoms with Crippen molar-refractivity contribution in [3.63, 3.8) is 0 Å². The summed E-state index contributed by atoms with van der Waals surface area (Å²) in [5, 5.41) is 0. The molecule has 0 spiro atoms. The number of unbranched alkanes of at least 4 members (excludes halogenated alkanes) is 1. The molecule has 2 atom stereocenters. The highest BCUT2D eigenvalue weighted by molar-refractivity contribution is 5.89. The van der Waals surface area contributed by atoms with Crippen molar-refractivity contribution in [1.82, 2.24) is 0 Å². The Bertz CT molecular complexity index is 965. The molecule has 0 heterocycles. The van der Waals surface area contributed by atoms with Gasteiger partial charge in [0.05, 0.1) is 0 Å². The van der Waals surface area contributed by atoms with Gasteiger partial charge >= 0.3 is 0 Å². The van der Waals surface area contributed by atoms with Crippen LogP contribution >= 0.6 is 0 Å². The number of benzene rings is 2. The summed E-state index contributed by atoms with van der Waals surface area (Å²) in [6.07, 6.45) is 14.4. The first-order valence-electron chi connectivity index (χ1n) is 12.5. The first-order valence-corrected chi connectivity index (χ1v) is 12.5. The Morgan fingerprint density at radius 1 is 0.938 bits per heavy atom. The Balaban J connectivity index is 0.000000547. The van der Waals surface area contributed by atoms with Gasteiger partial charge in [-0.1, -0.05) is 132 Å². The van der Waals surface area contributed by atoms with Crippen molar-refractivity contribution >= 4 is 17.2 Å². The second-order valence-electron chi connectivity index (χ2n) is 8.47. The van der Waals surface area contributed by atoms with E-state index in [4.69, 9.17) is 0 Å². The van der Waals surface area contributed by atoms with Crippen LogP contribution in [0.5, 0.6) is 0 Å². The van der Waals surface area contributed by atoms with Gasteiger partial charge in [0.2, 0.25) is 0 Å². The molecule has 0 aromatic heterocycles. The molecular formula is C32H42. The summed E-state index contributed by atoms with van der Waals surface area (Å²) in [6.45, 7) is 17.3. The van der Waals surface area contributed by atoms with Crippen LogP contribution in [0, 0.1) is 18.8 Å². The molecule has 0 fully saturated rings. The van der Waals surface area contributed by atoms with Gasteiger partial charge in [-0.2, -0.15) is 0 Å². The smallest absolute Gasteiger partial charge is 0.00580 e. The Labute approximate surface area is 197 Å². The fourth-order valence-corrected chi connectivity index (χ4v) is 4.31. The third-order valence-electron chi connectivity index (χ3n) is 6.30. The minimum Gasteiger partial charge on any atom is -0.0908 e. The minimum absolute atomic E-state index is 0.519. The molecule has 2 aliphatic carbocycles. The summed E-state index contributed by atoms with van der Waals surface area (Å²) in [5.41, 5.74) is 9.09. The fraction of sp³-hybridized carbons (Fsp3) is 0.375. The van der Waals surface area contributed by atoms with Gasteiger partial charge in [0.25, 0.3) is 0 Å². The molecule has 0 bridgehead atoms. The molecule has 170 valence electrons. The van der Waals surface area contributed by atoms with Gasteiger partial charge in [-0.3, -0.25) is 0 Å². The molecule has 0 saturated carbocycles. The van der Waals surface area contributed by atoms with Crippen molar-refractivity contribution in [3.05, 3.63) is 101 Å². The van der Waals surface area contributed by atoms with E-state index in [1.54, 1.807) is 0 Å². The molecule has 0 saturated heterocycles. The van der Waals surface area contributed by atoms with Gasteiger partial charge in [-0.25, -0.2) is 0 Å². The van der Waals surface area contributed by atoms with E-state index in [1.807, 2.05) is 13.8 Å². The lowest BCUT2D eigenvalue weighted by molar-refractivity contribution is 0.452. The van der Waals surface area contributed by atoms with Crippen LogP contribution in [0.2, 0.25) is 0 Å². The van der Waals surface area contributed by atoms with E-state index in [2.05, 4.69) is 107 Å². The predicted octanol–water partition coefficient (Wildman–Crippen LogP) is 9.92. The van der Waals surface area contributed by atoms with E-state index >= 15 is 0 Å². The van der Waals surface area contributed by atoms with Gasteiger partial charge in [0.15, 0.2) is 0 Å². The average Bonchev–Trinajstić information content (AvgIpc) is 2.85. The van der Waals surface area contributed by atoms with Gasteiger partial charge in [0, 0.05) is 0 Å². The first-order chi connectivity index (χ1) is 15.6. The summed E-state index contributed by atoms with van der Waals surface area (Å²) in [4.78, 5) is 0. The Morgan fingerprint density at radius 2 is 1.66 bits per heavy atom. The van der Waals surface area contributed by atoms with Gasteiger partial charge in [-0.05, 0) is 65.0 Å². The normalized spacial score (nSPS) is 19.9. The molecule has 0 aliphatic heterocycles. The van der Waals surface area contributed by atoms with Crippen molar-refractivity contribution in [2.45, 2.75) is 67.2 Å². The van der Waals surface area contributed by atoms with Gasteiger partial charge in [0.1, 0.15) is 0 Å². The fourth-order valence-electron chi connectivity index (χ4n) is 4.31. The third kappa shape index (κ3) is 6.22. The summed E-state index contributed by atoms with van der Waals surface area (Å²) < 4.78 is 0. The largest absolute Gasteiger partial charge is 0.0908 e. The standard InChI is InChI=1S/C26H26.C4H10.C2H6/c1-4-20-12-13-21-9-5-6-11-24(21)19(3)26-17-23(14-15-25(20)26)22-10-7-8-18(2)16-22;1-3-4-2;1-2/h5-14,16-17,20,25H,3-4,15H2,1-2H3;3-4H2,1-2H3;1-2H3/b13-12-;;. The maximum absolute atomic E-state index is 4.53. The SMILES string of the molecule is C=C1C2=CC(c3cccc(C)c3)=CCC2C(CC)/C=C\c2ccccc21.CC.CCCC. The molecule has 2 aromatic rings. The number of fused-ring (bicyclic) bond motifs is 2. The lowest BCUT2D eigenvalue weighted by Crippen LogP contribution is -2.19. The number of rotatable bonds is 3. The molecule has 0 radical (unpaired) electrons. The minimum atomic E-state index is 0.519. The zero-order valence-corrected chi connectivity index (χ0v) is 21.1. The van der Waals surface area contributed by atoms with Crippen molar-refractivity contribution in [3.8, 4) is 0 Å². The van der Waals surface area contributed by atoms with Crippen LogP contribution in [0.3, 0.4) is 0 Å². The molecule has 2 aliphatic rings.